The molecule has 3 rings (SSSR count). The molecule has 0 aliphatic heterocycles. The van der Waals surface area contributed by atoms with Gasteiger partial charge in [0.1, 0.15) is 0 Å². The van der Waals surface area contributed by atoms with Gasteiger partial charge in [0.25, 0.3) is 0 Å². The summed E-state index contributed by atoms with van der Waals surface area (Å²) in [4.78, 5) is 2.90. The first-order valence-electron chi connectivity index (χ1n) is 8.19. The number of rotatable bonds is 6. The molecule has 0 unspecified atom stereocenters. The lowest BCUT2D eigenvalue weighted by Crippen LogP contribution is -2.36. The Morgan fingerprint density at radius 1 is 1.05 bits per heavy atom. The zero-order valence-electron chi connectivity index (χ0n) is 12.8. The van der Waals surface area contributed by atoms with Crippen LogP contribution < -0.4 is 5.32 Å². The van der Waals surface area contributed by atoms with E-state index in [-0.39, 0.29) is 0 Å². The lowest BCUT2D eigenvalue weighted by molar-refractivity contribution is 0.271. The van der Waals surface area contributed by atoms with Gasteiger partial charge in [-0.3, -0.25) is 0 Å². The minimum atomic E-state index is 0.401. The van der Waals surface area contributed by atoms with Crippen LogP contribution in [0.2, 0.25) is 0 Å². The maximum atomic E-state index is 3.94. The minimum absolute atomic E-state index is 0.401. The van der Waals surface area contributed by atoms with Gasteiger partial charge in [-0.1, -0.05) is 31.9 Å². The van der Waals surface area contributed by atoms with Gasteiger partial charge in [-0.25, -0.2) is 0 Å². The lowest BCUT2D eigenvalue weighted by Gasteiger charge is -2.31. The molecule has 2 aromatic heterocycles. The SMILES string of the molecule is CCCC1CCC(NC(c2cccs2)c2cccs2)CC1. The molecule has 0 saturated heterocycles. The second kappa shape index (κ2) is 7.57. The van der Waals surface area contributed by atoms with E-state index < -0.39 is 0 Å². The van der Waals surface area contributed by atoms with Crippen molar-refractivity contribution < 1.29 is 0 Å². The monoisotopic (exact) mass is 319 g/mol. The van der Waals surface area contributed by atoms with Gasteiger partial charge in [-0.2, -0.15) is 0 Å². The van der Waals surface area contributed by atoms with Gasteiger partial charge < -0.3 is 5.32 Å². The van der Waals surface area contributed by atoms with Crippen LogP contribution >= 0.6 is 22.7 Å². The fourth-order valence-corrected chi connectivity index (χ4v) is 5.16. The summed E-state index contributed by atoms with van der Waals surface area (Å²) >= 11 is 3.74. The third-order valence-corrected chi connectivity index (χ3v) is 6.48. The van der Waals surface area contributed by atoms with Crippen molar-refractivity contribution >= 4 is 22.7 Å². The fraction of sp³-hybridized carbons (Fsp3) is 0.556. The van der Waals surface area contributed by atoms with E-state index in [0.717, 1.165) is 5.92 Å². The van der Waals surface area contributed by atoms with E-state index in [1.165, 1.54) is 48.3 Å². The first-order valence-corrected chi connectivity index (χ1v) is 9.95. The lowest BCUT2D eigenvalue weighted by atomic mass is 9.83. The Labute approximate surface area is 136 Å². The number of nitrogens with one attached hydrogen (secondary N) is 1. The van der Waals surface area contributed by atoms with Crippen molar-refractivity contribution in [1.29, 1.82) is 0 Å². The van der Waals surface area contributed by atoms with Gasteiger partial charge in [-0.05, 0) is 54.5 Å². The third-order valence-electron chi connectivity index (χ3n) is 4.60. The highest BCUT2D eigenvalue weighted by atomic mass is 32.1. The normalized spacial score (nSPS) is 22.8. The van der Waals surface area contributed by atoms with E-state index in [0.29, 0.717) is 12.1 Å². The molecule has 1 saturated carbocycles. The van der Waals surface area contributed by atoms with E-state index in [4.69, 9.17) is 0 Å². The fourth-order valence-electron chi connectivity index (χ4n) is 3.48. The Kier molecular flexibility index (Phi) is 5.50. The first-order chi connectivity index (χ1) is 10.4. The third kappa shape index (κ3) is 3.97. The zero-order valence-corrected chi connectivity index (χ0v) is 14.4. The molecule has 0 radical (unpaired) electrons. The van der Waals surface area contributed by atoms with Crippen molar-refractivity contribution in [2.75, 3.05) is 0 Å². The molecular weight excluding hydrogens is 294 g/mol. The van der Waals surface area contributed by atoms with Crippen molar-refractivity contribution in [2.45, 2.75) is 57.5 Å². The predicted molar refractivity (Wildman–Crippen MR) is 94.3 cm³/mol. The summed E-state index contributed by atoms with van der Waals surface area (Å²) in [6.45, 7) is 2.31. The Morgan fingerprint density at radius 3 is 2.14 bits per heavy atom. The number of hydrogen-bond donors (Lipinski definition) is 1. The molecular formula is C18H25NS2. The smallest absolute Gasteiger partial charge is 0.0766 e. The average Bonchev–Trinajstić information content (AvgIpc) is 3.20. The van der Waals surface area contributed by atoms with Crippen LogP contribution in [0.4, 0.5) is 0 Å². The standard InChI is InChI=1S/C18H25NS2/c1-2-5-14-8-10-15(11-9-14)19-18(16-6-3-12-20-16)17-7-4-13-21-17/h3-4,6-7,12-15,18-19H,2,5,8-11H2,1H3. The van der Waals surface area contributed by atoms with Crippen LogP contribution in [0.5, 0.6) is 0 Å². The van der Waals surface area contributed by atoms with E-state index in [1.807, 2.05) is 22.7 Å². The van der Waals surface area contributed by atoms with Gasteiger partial charge in [0.15, 0.2) is 0 Å². The van der Waals surface area contributed by atoms with Crippen molar-refractivity contribution in [3.63, 3.8) is 0 Å². The topological polar surface area (TPSA) is 12.0 Å². The van der Waals surface area contributed by atoms with Crippen molar-refractivity contribution in [1.82, 2.24) is 5.32 Å². The van der Waals surface area contributed by atoms with Crippen molar-refractivity contribution in [3.05, 3.63) is 44.8 Å². The largest absolute Gasteiger partial charge is 0.302 e. The second-order valence-corrected chi connectivity index (χ2v) is 8.10. The zero-order chi connectivity index (χ0) is 14.5. The van der Waals surface area contributed by atoms with E-state index >= 15 is 0 Å². The summed E-state index contributed by atoms with van der Waals surface area (Å²) in [7, 11) is 0. The van der Waals surface area contributed by atoms with Gasteiger partial charge in [0, 0.05) is 15.8 Å². The van der Waals surface area contributed by atoms with Crippen LogP contribution in [0, 0.1) is 5.92 Å². The number of thiophene rings is 2. The summed E-state index contributed by atoms with van der Waals surface area (Å²) < 4.78 is 0. The molecule has 1 N–H and O–H groups in total. The molecule has 1 nitrogen and oxygen atoms in total. The van der Waals surface area contributed by atoms with E-state index in [9.17, 15) is 0 Å². The van der Waals surface area contributed by atoms with Crippen LogP contribution in [-0.2, 0) is 0 Å². The van der Waals surface area contributed by atoms with Crippen LogP contribution in [0.1, 0.15) is 61.2 Å². The molecule has 0 spiro atoms. The van der Waals surface area contributed by atoms with Gasteiger partial charge in [-0.15, -0.1) is 22.7 Å². The maximum Gasteiger partial charge on any atom is 0.0766 e. The van der Waals surface area contributed by atoms with E-state index in [1.54, 1.807) is 0 Å². The van der Waals surface area contributed by atoms with Crippen molar-refractivity contribution in [2.24, 2.45) is 5.92 Å². The van der Waals surface area contributed by atoms with Crippen molar-refractivity contribution in [3.8, 4) is 0 Å². The molecule has 1 aliphatic rings. The van der Waals surface area contributed by atoms with Gasteiger partial charge in [0.05, 0.1) is 6.04 Å². The summed E-state index contributed by atoms with van der Waals surface area (Å²) in [6.07, 6.45) is 8.28. The van der Waals surface area contributed by atoms with Gasteiger partial charge in [0.2, 0.25) is 0 Å². The molecule has 3 heteroatoms. The second-order valence-electron chi connectivity index (χ2n) is 6.14. The summed E-state index contributed by atoms with van der Waals surface area (Å²) in [5.41, 5.74) is 0. The quantitative estimate of drug-likeness (QED) is 0.704. The summed E-state index contributed by atoms with van der Waals surface area (Å²) in [5.74, 6) is 0.981. The highest BCUT2D eigenvalue weighted by Crippen LogP contribution is 2.33. The van der Waals surface area contributed by atoms with Gasteiger partial charge >= 0.3 is 0 Å². The molecule has 2 aromatic rings. The van der Waals surface area contributed by atoms with Crippen LogP contribution in [0.15, 0.2) is 35.0 Å². The minimum Gasteiger partial charge on any atom is -0.302 e. The predicted octanol–water partition coefficient (Wildman–Crippen LogP) is 5.85. The highest BCUT2D eigenvalue weighted by molar-refractivity contribution is 7.11. The molecule has 1 fully saturated rings. The van der Waals surface area contributed by atoms with Crippen LogP contribution in [0.3, 0.4) is 0 Å². The Morgan fingerprint density at radius 2 is 1.67 bits per heavy atom. The molecule has 114 valence electrons. The molecule has 1 aliphatic carbocycles. The maximum absolute atomic E-state index is 3.94. The number of hydrogen-bond acceptors (Lipinski definition) is 3. The first kappa shape index (κ1) is 15.3. The average molecular weight is 320 g/mol. The Bertz CT molecular complexity index is 461. The Balaban J connectivity index is 1.64. The molecule has 0 amide bonds. The summed E-state index contributed by atoms with van der Waals surface area (Å²) in [6, 6.07) is 9.96. The molecule has 21 heavy (non-hydrogen) atoms. The molecule has 0 aromatic carbocycles. The molecule has 0 atom stereocenters. The highest BCUT2D eigenvalue weighted by Gasteiger charge is 2.25. The summed E-state index contributed by atoms with van der Waals surface area (Å²) in [5, 5.41) is 8.32. The molecule has 0 bridgehead atoms. The van der Waals surface area contributed by atoms with E-state index in [2.05, 4.69) is 47.3 Å². The van der Waals surface area contributed by atoms with Crippen LogP contribution in [-0.4, -0.2) is 6.04 Å². The Hall–Kier alpha value is -0.640. The van der Waals surface area contributed by atoms with Crippen LogP contribution in [0.25, 0.3) is 0 Å². The molecule has 2 heterocycles.